The highest BCUT2D eigenvalue weighted by molar-refractivity contribution is 5.81. The van der Waals surface area contributed by atoms with Crippen molar-refractivity contribution in [2.24, 2.45) is 4.99 Å². The molecular formula is C20H32N4O3. The van der Waals surface area contributed by atoms with Crippen LogP contribution in [0.25, 0.3) is 0 Å². The van der Waals surface area contributed by atoms with Gasteiger partial charge in [0.1, 0.15) is 0 Å². The van der Waals surface area contributed by atoms with Gasteiger partial charge in [0, 0.05) is 45.8 Å². The van der Waals surface area contributed by atoms with E-state index in [1.54, 1.807) is 0 Å². The molecule has 7 nitrogen and oxygen atoms in total. The van der Waals surface area contributed by atoms with Gasteiger partial charge in [0.15, 0.2) is 5.96 Å². The Labute approximate surface area is 161 Å². The first kappa shape index (κ1) is 21.2. The first-order chi connectivity index (χ1) is 13.3. The Hall–Kier alpha value is -2.12. The summed E-state index contributed by atoms with van der Waals surface area (Å²) in [6, 6.07) is 9.89. The van der Waals surface area contributed by atoms with Crippen molar-refractivity contribution < 1.29 is 14.3 Å². The summed E-state index contributed by atoms with van der Waals surface area (Å²) in [5, 5.41) is 9.32. The summed E-state index contributed by atoms with van der Waals surface area (Å²) in [5.74, 6) is 0.756. The van der Waals surface area contributed by atoms with Gasteiger partial charge in [-0.05, 0) is 25.3 Å². The van der Waals surface area contributed by atoms with E-state index in [-0.39, 0.29) is 12.0 Å². The lowest BCUT2D eigenvalue weighted by atomic mass is 10.2. The highest BCUT2D eigenvalue weighted by Gasteiger charge is 2.15. The van der Waals surface area contributed by atoms with Crippen molar-refractivity contribution in [1.29, 1.82) is 0 Å². The van der Waals surface area contributed by atoms with Gasteiger partial charge in [-0.25, -0.2) is 0 Å². The van der Waals surface area contributed by atoms with E-state index in [4.69, 9.17) is 9.47 Å². The summed E-state index contributed by atoms with van der Waals surface area (Å²) >= 11 is 0. The first-order valence-corrected chi connectivity index (χ1v) is 9.80. The number of rotatable bonds is 11. The Morgan fingerprint density at radius 2 is 2.11 bits per heavy atom. The third kappa shape index (κ3) is 9.40. The second-order valence-electron chi connectivity index (χ2n) is 6.41. The summed E-state index contributed by atoms with van der Waals surface area (Å²) in [7, 11) is 0. The smallest absolute Gasteiger partial charge is 0.222 e. The van der Waals surface area contributed by atoms with Crippen LogP contribution < -0.4 is 16.0 Å². The molecule has 1 fully saturated rings. The maximum Gasteiger partial charge on any atom is 0.222 e. The van der Waals surface area contributed by atoms with Gasteiger partial charge < -0.3 is 25.4 Å². The summed E-state index contributed by atoms with van der Waals surface area (Å²) < 4.78 is 11.0. The molecule has 150 valence electrons. The van der Waals surface area contributed by atoms with Gasteiger partial charge in [-0.1, -0.05) is 30.3 Å². The maximum absolute atomic E-state index is 11.9. The first-order valence-electron chi connectivity index (χ1n) is 9.80. The van der Waals surface area contributed by atoms with Crippen LogP contribution in [0.2, 0.25) is 0 Å². The number of hydrogen-bond donors (Lipinski definition) is 3. The lowest BCUT2D eigenvalue weighted by molar-refractivity contribution is -0.121. The van der Waals surface area contributed by atoms with E-state index in [9.17, 15) is 4.79 Å². The number of carbonyl (C=O) groups is 1. The van der Waals surface area contributed by atoms with Gasteiger partial charge in [-0.15, -0.1) is 0 Å². The van der Waals surface area contributed by atoms with Crippen molar-refractivity contribution >= 4 is 11.9 Å². The summed E-state index contributed by atoms with van der Waals surface area (Å²) in [6.45, 7) is 6.79. The van der Waals surface area contributed by atoms with Crippen LogP contribution in [-0.2, 0) is 20.8 Å². The van der Waals surface area contributed by atoms with Crippen molar-refractivity contribution in [3.8, 4) is 0 Å². The second kappa shape index (κ2) is 13.1. The number of carbonyl (C=O) groups excluding carboxylic acids is 1. The van der Waals surface area contributed by atoms with E-state index >= 15 is 0 Å². The van der Waals surface area contributed by atoms with Crippen molar-refractivity contribution in [2.75, 3.05) is 39.5 Å². The minimum Gasteiger partial charge on any atom is -0.379 e. The minimum atomic E-state index is 0.0226. The van der Waals surface area contributed by atoms with E-state index in [1.807, 2.05) is 37.3 Å². The van der Waals surface area contributed by atoms with Crippen LogP contribution >= 0.6 is 0 Å². The fraction of sp³-hybridized carbons (Fsp3) is 0.600. The topological polar surface area (TPSA) is 84.0 Å². The molecule has 7 heteroatoms. The molecule has 1 amide bonds. The Kier molecular flexibility index (Phi) is 10.3. The largest absolute Gasteiger partial charge is 0.379 e. The lowest BCUT2D eigenvalue weighted by Crippen LogP contribution is -2.39. The van der Waals surface area contributed by atoms with Gasteiger partial charge in [0.2, 0.25) is 5.91 Å². The molecule has 1 aromatic rings. The van der Waals surface area contributed by atoms with Crippen molar-refractivity contribution in [3.05, 3.63) is 35.9 Å². The number of hydrogen-bond acceptors (Lipinski definition) is 4. The highest BCUT2D eigenvalue weighted by Crippen LogP contribution is 2.08. The predicted molar refractivity (Wildman–Crippen MR) is 107 cm³/mol. The molecule has 27 heavy (non-hydrogen) atoms. The zero-order chi connectivity index (χ0) is 19.2. The molecule has 0 radical (unpaired) electrons. The molecule has 1 heterocycles. The molecule has 0 spiro atoms. The summed E-state index contributed by atoms with van der Waals surface area (Å²) in [5.41, 5.74) is 1.10. The molecule has 1 aromatic carbocycles. The molecular weight excluding hydrogens is 344 g/mol. The molecule has 3 N–H and O–H groups in total. The number of amides is 1. The quantitative estimate of drug-likeness (QED) is 0.309. The van der Waals surface area contributed by atoms with Crippen molar-refractivity contribution in [1.82, 2.24) is 16.0 Å². The van der Waals surface area contributed by atoms with Crippen LogP contribution in [0.4, 0.5) is 0 Å². The standard InChI is InChI=1S/C20H32N4O3/c1-2-21-20(22-11-6-13-27-18-10-14-26-16-18)23-12-9-19(25)24-15-17-7-4-3-5-8-17/h3-5,7-8,18H,2,6,9-16H2,1H3,(H,24,25)(H2,21,22,23). The van der Waals surface area contributed by atoms with Crippen LogP contribution in [0.15, 0.2) is 35.3 Å². The number of ether oxygens (including phenoxy) is 2. The SMILES string of the molecule is CCNC(=NCCCOC1CCOC1)NCCC(=O)NCc1ccccc1. The average Bonchev–Trinajstić information content (AvgIpc) is 3.20. The van der Waals surface area contributed by atoms with Crippen LogP contribution in [0.5, 0.6) is 0 Å². The van der Waals surface area contributed by atoms with Crippen LogP contribution in [-0.4, -0.2) is 57.4 Å². The van der Waals surface area contributed by atoms with Gasteiger partial charge >= 0.3 is 0 Å². The van der Waals surface area contributed by atoms with Crippen molar-refractivity contribution in [3.63, 3.8) is 0 Å². The van der Waals surface area contributed by atoms with Crippen molar-refractivity contribution in [2.45, 2.75) is 38.8 Å². The van der Waals surface area contributed by atoms with Gasteiger partial charge in [0.05, 0.1) is 12.7 Å². The Morgan fingerprint density at radius 3 is 2.85 bits per heavy atom. The molecule has 1 unspecified atom stereocenters. The molecule has 1 saturated heterocycles. The summed E-state index contributed by atoms with van der Waals surface area (Å²) in [4.78, 5) is 16.5. The molecule has 2 rings (SSSR count). The molecule has 1 aliphatic heterocycles. The molecule has 0 saturated carbocycles. The second-order valence-corrected chi connectivity index (χ2v) is 6.41. The maximum atomic E-state index is 11.9. The fourth-order valence-electron chi connectivity index (χ4n) is 2.67. The van der Waals surface area contributed by atoms with Gasteiger partial charge in [0.25, 0.3) is 0 Å². The molecule has 1 atom stereocenters. The van der Waals surface area contributed by atoms with Gasteiger partial charge in [-0.2, -0.15) is 0 Å². The number of nitrogens with zero attached hydrogens (tertiary/aromatic N) is 1. The van der Waals surface area contributed by atoms with E-state index in [2.05, 4.69) is 20.9 Å². The molecule has 0 aliphatic carbocycles. The number of aliphatic imine (C=N–C) groups is 1. The summed E-state index contributed by atoms with van der Waals surface area (Å²) in [6.07, 6.45) is 2.50. The van der Waals surface area contributed by atoms with E-state index in [0.717, 1.165) is 37.5 Å². The third-order valence-corrected chi connectivity index (χ3v) is 4.14. The fourth-order valence-corrected chi connectivity index (χ4v) is 2.67. The van der Waals surface area contributed by atoms with Gasteiger partial charge in [-0.3, -0.25) is 9.79 Å². The zero-order valence-electron chi connectivity index (χ0n) is 16.2. The minimum absolute atomic E-state index is 0.0226. The van der Waals surface area contributed by atoms with E-state index in [1.165, 1.54) is 0 Å². The molecule has 0 bridgehead atoms. The average molecular weight is 377 g/mol. The lowest BCUT2D eigenvalue weighted by Gasteiger charge is -2.12. The Morgan fingerprint density at radius 1 is 1.26 bits per heavy atom. The zero-order valence-corrected chi connectivity index (χ0v) is 16.2. The Bertz CT molecular complexity index is 560. The normalized spacial score (nSPS) is 16.9. The third-order valence-electron chi connectivity index (χ3n) is 4.14. The van der Waals surface area contributed by atoms with Crippen LogP contribution in [0, 0.1) is 0 Å². The highest BCUT2D eigenvalue weighted by atomic mass is 16.5. The molecule has 1 aliphatic rings. The number of nitrogens with one attached hydrogen (secondary N) is 3. The monoisotopic (exact) mass is 376 g/mol. The van der Waals surface area contributed by atoms with Crippen LogP contribution in [0.3, 0.4) is 0 Å². The molecule has 0 aromatic heterocycles. The predicted octanol–water partition coefficient (Wildman–Crippen LogP) is 1.44. The Balaban J connectivity index is 1.57. The number of guanidine groups is 1. The van der Waals surface area contributed by atoms with E-state index in [0.29, 0.717) is 39.3 Å². The van der Waals surface area contributed by atoms with Crippen LogP contribution in [0.1, 0.15) is 31.7 Å². The van der Waals surface area contributed by atoms with E-state index < -0.39 is 0 Å². The number of benzene rings is 1.